The van der Waals surface area contributed by atoms with Crippen LogP contribution >= 0.6 is 0 Å². The predicted octanol–water partition coefficient (Wildman–Crippen LogP) is -5.93. The molecule has 0 bridgehead atoms. The zero-order valence-electron chi connectivity index (χ0n) is 6.77. The van der Waals surface area contributed by atoms with E-state index in [1.807, 2.05) is 0 Å². The quantitative estimate of drug-likeness (QED) is 0.270. The molecule has 46 valence electrons. The maximum atomic E-state index is 8.67. The second kappa shape index (κ2) is 22.7. The first-order valence-electron chi connectivity index (χ1n) is 0.532. The molecule has 0 aliphatic heterocycles. The molecule has 0 spiro atoms. The average Bonchev–Trinajstić information content (AvgIpc) is 0.811. The van der Waals surface area contributed by atoms with Gasteiger partial charge in [0, 0.05) is 17.1 Å². The van der Waals surface area contributed by atoms with Crippen molar-refractivity contribution in [3.8, 4) is 0 Å². The van der Waals surface area contributed by atoms with E-state index in [2.05, 4.69) is 0 Å². The molecule has 0 heterocycles. The Morgan fingerprint density at radius 2 is 1.25 bits per heavy atom. The Kier molecular flexibility index (Phi) is 88.5. The fraction of sp³-hybridized carbons (Fsp3) is 0. The fourth-order valence-electron chi connectivity index (χ4n) is 0. The summed E-state index contributed by atoms with van der Waals surface area (Å²) in [4.78, 5) is 0. The third-order valence-corrected chi connectivity index (χ3v) is 0. The summed E-state index contributed by atoms with van der Waals surface area (Å²) in [6, 6.07) is 0. The molecular weight excluding hydrogens is 196 g/mol. The average molecular weight is 203 g/mol. The summed E-state index contributed by atoms with van der Waals surface area (Å²) in [5, 5.41) is 0. The number of hydrogen-bond donors (Lipinski definition) is 3. The van der Waals surface area contributed by atoms with Gasteiger partial charge in [0.25, 0.3) is 11.4 Å². The summed E-state index contributed by atoms with van der Waals surface area (Å²) < 4.78 is 22.8. The molecule has 0 saturated carbocycles. The minimum atomic E-state index is -2.61. The van der Waals surface area contributed by atoms with Crippen LogP contribution in [0.3, 0.4) is 0 Å². The molecule has 4 nitrogen and oxygen atoms in total. The summed E-state index contributed by atoms with van der Waals surface area (Å²) in [7, 11) is 0. The first-order valence-corrected chi connectivity index (χ1v) is 1.60. The van der Waals surface area contributed by atoms with E-state index in [-0.39, 0.29) is 85.2 Å². The Labute approximate surface area is 108 Å². The predicted molar refractivity (Wildman–Crippen MR) is 20.6 cm³/mol. The van der Waals surface area contributed by atoms with Crippen molar-refractivity contribution in [2.45, 2.75) is 0 Å². The van der Waals surface area contributed by atoms with Crippen molar-refractivity contribution in [2.75, 3.05) is 0 Å². The number of rotatable bonds is 0. The van der Waals surface area contributed by atoms with E-state index in [4.69, 9.17) is 13.3 Å². The van der Waals surface area contributed by atoms with E-state index >= 15 is 0 Å². The zero-order chi connectivity index (χ0) is 3.58. The van der Waals surface area contributed by atoms with E-state index in [1.54, 1.807) is 0 Å². The third-order valence-electron chi connectivity index (χ3n) is 0. The van der Waals surface area contributed by atoms with Crippen LogP contribution in [0.4, 0.5) is 0 Å². The monoisotopic (exact) mass is 203 g/mol. The largest absolute Gasteiger partial charge is 1.00 e. The Morgan fingerprint density at radius 3 is 1.25 bits per heavy atom. The molecule has 0 aliphatic carbocycles. The smallest absolute Gasteiger partial charge is 1.00 e. The minimum Gasteiger partial charge on any atom is -1.00 e. The van der Waals surface area contributed by atoms with Crippen molar-refractivity contribution in [2.24, 2.45) is 0 Å². The van der Waals surface area contributed by atoms with Crippen LogP contribution in [0.2, 0.25) is 0 Å². The Bertz CT molecular complexity index is 47.5. The molecule has 0 atom stereocenters. The van der Waals surface area contributed by atoms with Crippen molar-refractivity contribution < 1.29 is 92.4 Å². The SMILES string of the molecule is N.O=S(O)O.[Fe].[H-].[H-].[Na+].[Na+]. The maximum Gasteiger partial charge on any atom is 1.00 e. The zero-order valence-corrected chi connectivity index (χ0v) is 10.7. The molecule has 0 fully saturated rings. The van der Waals surface area contributed by atoms with Gasteiger partial charge in [-0.2, -0.15) is 4.21 Å². The van der Waals surface area contributed by atoms with Crippen LogP contribution < -0.4 is 65.3 Å². The van der Waals surface area contributed by atoms with Gasteiger partial charge in [0.15, 0.2) is 0 Å². The summed E-state index contributed by atoms with van der Waals surface area (Å²) in [5.41, 5.74) is 0. The van der Waals surface area contributed by atoms with E-state index < -0.39 is 11.4 Å². The first kappa shape index (κ1) is 31.2. The van der Waals surface area contributed by atoms with Crippen LogP contribution in [-0.4, -0.2) is 13.3 Å². The fourth-order valence-corrected chi connectivity index (χ4v) is 0. The van der Waals surface area contributed by atoms with Gasteiger partial charge in [0.1, 0.15) is 0 Å². The maximum absolute atomic E-state index is 8.67. The second-order valence-corrected chi connectivity index (χ2v) is 0.692. The van der Waals surface area contributed by atoms with Gasteiger partial charge in [0.05, 0.1) is 0 Å². The molecule has 8 heteroatoms. The third kappa shape index (κ3) is 75.0. The Hall–Kier alpha value is 2.55. The van der Waals surface area contributed by atoms with Gasteiger partial charge in [0.2, 0.25) is 0 Å². The first-order chi connectivity index (χ1) is 1.73. The summed E-state index contributed by atoms with van der Waals surface area (Å²) in [6.45, 7) is 0. The van der Waals surface area contributed by atoms with Crippen molar-refractivity contribution in [3.05, 3.63) is 0 Å². The molecular formula is H7FeNNa2O3S. The summed E-state index contributed by atoms with van der Waals surface area (Å²) in [5.74, 6) is 0. The Balaban J connectivity index is -0.00000000300. The molecule has 0 unspecified atom stereocenters. The summed E-state index contributed by atoms with van der Waals surface area (Å²) >= 11 is -2.61. The summed E-state index contributed by atoms with van der Waals surface area (Å²) in [6.07, 6.45) is 0. The van der Waals surface area contributed by atoms with Gasteiger partial charge < -0.3 is 9.00 Å². The molecule has 0 aliphatic rings. The van der Waals surface area contributed by atoms with Gasteiger partial charge in [-0.25, -0.2) is 0 Å². The normalized spacial score (nSPS) is 4.38. The molecule has 0 aromatic heterocycles. The molecule has 0 amide bonds. The molecule has 0 rings (SSSR count). The molecule has 8 heavy (non-hydrogen) atoms. The number of hydrogen-bond acceptors (Lipinski definition) is 2. The van der Waals surface area contributed by atoms with Gasteiger partial charge >= 0.3 is 59.1 Å². The molecule has 0 radical (unpaired) electrons. The second-order valence-electron chi connectivity index (χ2n) is 0.231. The van der Waals surface area contributed by atoms with Gasteiger partial charge in [-0.15, -0.1) is 0 Å². The van der Waals surface area contributed by atoms with E-state index in [9.17, 15) is 0 Å². The van der Waals surface area contributed by atoms with Crippen molar-refractivity contribution in [1.29, 1.82) is 0 Å². The van der Waals surface area contributed by atoms with Crippen molar-refractivity contribution in [3.63, 3.8) is 0 Å². The molecule has 0 saturated heterocycles. The Morgan fingerprint density at radius 1 is 1.25 bits per heavy atom. The molecule has 0 aromatic carbocycles. The van der Waals surface area contributed by atoms with Crippen LogP contribution in [0.5, 0.6) is 0 Å². The van der Waals surface area contributed by atoms with E-state index in [0.717, 1.165) is 0 Å². The molecule has 0 aromatic rings. The topological polar surface area (TPSA) is 92.5 Å². The van der Waals surface area contributed by atoms with Gasteiger partial charge in [-0.3, -0.25) is 9.11 Å². The minimum absolute atomic E-state index is 0. The standard InChI is InChI=1S/Fe.H3N.2Na.H2O3S.2H/c;;;;1-4(2)3;;/h;1H3;;;(H2,1,2,3);;/q;;2*+1;;2*-1. The van der Waals surface area contributed by atoms with Crippen LogP contribution in [0, 0.1) is 0 Å². The van der Waals surface area contributed by atoms with Crippen molar-refractivity contribution >= 4 is 11.4 Å². The van der Waals surface area contributed by atoms with Crippen LogP contribution in [0.1, 0.15) is 2.85 Å². The van der Waals surface area contributed by atoms with E-state index in [1.165, 1.54) is 0 Å². The van der Waals surface area contributed by atoms with Gasteiger partial charge in [-0.1, -0.05) is 0 Å². The van der Waals surface area contributed by atoms with Gasteiger partial charge in [-0.05, 0) is 0 Å². The van der Waals surface area contributed by atoms with Crippen LogP contribution in [-0.2, 0) is 28.4 Å². The molecule has 5 N–H and O–H groups in total. The van der Waals surface area contributed by atoms with Crippen LogP contribution in [0.15, 0.2) is 0 Å². The van der Waals surface area contributed by atoms with Crippen molar-refractivity contribution in [1.82, 2.24) is 6.15 Å². The van der Waals surface area contributed by atoms with Crippen LogP contribution in [0.25, 0.3) is 0 Å². The van der Waals surface area contributed by atoms with E-state index in [0.29, 0.717) is 0 Å².